The highest BCUT2D eigenvalue weighted by molar-refractivity contribution is 5.45. The normalized spacial score (nSPS) is 10.3. The van der Waals surface area contributed by atoms with E-state index in [1.807, 2.05) is 0 Å². The van der Waals surface area contributed by atoms with Crippen LogP contribution in [-0.4, -0.2) is 4.92 Å². The molecular weight excluding hydrogens is 273 g/mol. The minimum absolute atomic E-state index is 0.00148. The Hall–Kier alpha value is -2.57. The predicted molar refractivity (Wildman–Crippen MR) is 66.7 cm³/mol. The molecule has 0 fully saturated rings. The van der Waals surface area contributed by atoms with Gasteiger partial charge in [-0.3, -0.25) is 10.1 Å². The van der Waals surface area contributed by atoms with Crippen LogP contribution in [0.3, 0.4) is 0 Å². The van der Waals surface area contributed by atoms with Crippen molar-refractivity contribution in [3.63, 3.8) is 0 Å². The molecule has 0 unspecified atom stereocenters. The van der Waals surface area contributed by atoms with Gasteiger partial charge in [0.25, 0.3) is 5.69 Å². The van der Waals surface area contributed by atoms with Crippen molar-refractivity contribution in [1.82, 2.24) is 0 Å². The molecular formula is C13H9F3N2O2. The third-order valence-corrected chi connectivity index (χ3v) is 2.51. The zero-order chi connectivity index (χ0) is 14.7. The standard InChI is InChI=1S/C13H9F3N2O2/c14-9-1-8(2-13(6-9)18(19)20)7-17-12-4-10(15)3-11(16)5-12/h1-6,17H,7H2. The first-order valence-electron chi connectivity index (χ1n) is 5.58. The molecule has 4 nitrogen and oxygen atoms in total. The number of non-ortho nitro benzene ring substituents is 1. The quantitative estimate of drug-likeness (QED) is 0.688. The van der Waals surface area contributed by atoms with E-state index in [0.29, 0.717) is 5.56 Å². The molecule has 7 heteroatoms. The average molecular weight is 282 g/mol. The van der Waals surface area contributed by atoms with Gasteiger partial charge < -0.3 is 5.32 Å². The van der Waals surface area contributed by atoms with Gasteiger partial charge in [-0.1, -0.05) is 0 Å². The topological polar surface area (TPSA) is 55.2 Å². The van der Waals surface area contributed by atoms with E-state index in [1.54, 1.807) is 0 Å². The summed E-state index contributed by atoms with van der Waals surface area (Å²) in [5, 5.41) is 13.3. The van der Waals surface area contributed by atoms with Crippen LogP contribution in [0.1, 0.15) is 5.56 Å². The molecule has 1 N–H and O–H groups in total. The van der Waals surface area contributed by atoms with Crippen molar-refractivity contribution in [2.75, 3.05) is 5.32 Å². The number of nitrogens with one attached hydrogen (secondary N) is 1. The van der Waals surface area contributed by atoms with E-state index in [0.717, 1.165) is 30.3 Å². The second-order valence-electron chi connectivity index (χ2n) is 4.09. The summed E-state index contributed by atoms with van der Waals surface area (Å²) in [5.74, 6) is -2.25. The number of anilines is 1. The molecule has 0 aliphatic heterocycles. The average Bonchev–Trinajstić information content (AvgIpc) is 2.34. The number of benzene rings is 2. The Kier molecular flexibility index (Phi) is 3.88. The number of hydrogen-bond donors (Lipinski definition) is 1. The van der Waals surface area contributed by atoms with Crippen LogP contribution >= 0.6 is 0 Å². The van der Waals surface area contributed by atoms with Gasteiger partial charge in [-0.05, 0) is 23.8 Å². The van der Waals surface area contributed by atoms with E-state index in [9.17, 15) is 23.3 Å². The Morgan fingerprint density at radius 3 is 2.15 bits per heavy atom. The first-order chi connectivity index (χ1) is 9.44. The van der Waals surface area contributed by atoms with Crippen molar-refractivity contribution in [2.45, 2.75) is 6.54 Å². The molecule has 2 rings (SSSR count). The van der Waals surface area contributed by atoms with Crippen LogP contribution in [-0.2, 0) is 6.54 Å². The van der Waals surface area contributed by atoms with Crippen molar-refractivity contribution in [2.24, 2.45) is 0 Å². The fraction of sp³-hybridized carbons (Fsp3) is 0.0769. The van der Waals surface area contributed by atoms with Gasteiger partial charge in [-0.15, -0.1) is 0 Å². The highest BCUT2D eigenvalue weighted by Crippen LogP contribution is 2.18. The first kappa shape index (κ1) is 13.9. The van der Waals surface area contributed by atoms with Crippen LogP contribution in [0.2, 0.25) is 0 Å². The number of nitro groups is 1. The second-order valence-corrected chi connectivity index (χ2v) is 4.09. The number of rotatable bonds is 4. The summed E-state index contributed by atoms with van der Waals surface area (Å²) in [6, 6.07) is 5.94. The van der Waals surface area contributed by atoms with Crippen molar-refractivity contribution in [3.05, 3.63) is 69.5 Å². The van der Waals surface area contributed by atoms with E-state index in [-0.39, 0.29) is 17.9 Å². The summed E-state index contributed by atoms with van der Waals surface area (Å²) in [6.07, 6.45) is 0. The molecule has 0 aliphatic carbocycles. The Bertz CT molecular complexity index is 642. The summed E-state index contributed by atoms with van der Waals surface area (Å²) < 4.78 is 39.1. The second kappa shape index (κ2) is 5.60. The van der Waals surface area contributed by atoms with Gasteiger partial charge in [0.2, 0.25) is 0 Å². The minimum Gasteiger partial charge on any atom is -0.381 e. The summed E-state index contributed by atoms with van der Waals surface area (Å²) in [6.45, 7) is 0.00148. The molecule has 0 saturated heterocycles. The van der Waals surface area contributed by atoms with E-state index in [4.69, 9.17) is 0 Å². The molecule has 0 aliphatic rings. The van der Waals surface area contributed by atoms with E-state index in [2.05, 4.69) is 5.32 Å². The van der Waals surface area contributed by atoms with Crippen LogP contribution < -0.4 is 5.32 Å². The van der Waals surface area contributed by atoms with E-state index >= 15 is 0 Å². The summed E-state index contributed by atoms with van der Waals surface area (Å²) in [5.41, 5.74) is 0.0722. The van der Waals surface area contributed by atoms with E-state index < -0.39 is 22.4 Å². The van der Waals surface area contributed by atoms with Crippen LogP contribution in [0.4, 0.5) is 24.5 Å². The maximum Gasteiger partial charge on any atom is 0.272 e. The van der Waals surface area contributed by atoms with E-state index in [1.165, 1.54) is 6.07 Å². The molecule has 0 radical (unpaired) electrons. The number of halogens is 3. The van der Waals surface area contributed by atoms with Gasteiger partial charge in [0, 0.05) is 24.4 Å². The minimum atomic E-state index is -0.752. The van der Waals surface area contributed by atoms with Crippen molar-refractivity contribution < 1.29 is 18.1 Å². The Balaban J connectivity index is 2.16. The zero-order valence-corrected chi connectivity index (χ0v) is 10.1. The molecule has 2 aromatic carbocycles. The molecule has 0 atom stereocenters. The highest BCUT2D eigenvalue weighted by atomic mass is 19.1. The monoisotopic (exact) mass is 282 g/mol. The predicted octanol–water partition coefficient (Wildman–Crippen LogP) is 3.62. The molecule has 104 valence electrons. The lowest BCUT2D eigenvalue weighted by Crippen LogP contribution is -2.02. The number of nitro benzene ring substituents is 1. The number of nitrogens with zero attached hydrogens (tertiary/aromatic N) is 1. The summed E-state index contributed by atoms with van der Waals surface area (Å²) >= 11 is 0. The van der Waals surface area contributed by atoms with Crippen LogP contribution in [0, 0.1) is 27.6 Å². The highest BCUT2D eigenvalue weighted by Gasteiger charge is 2.10. The third-order valence-electron chi connectivity index (χ3n) is 2.51. The Labute approximate surface area is 112 Å². The summed E-state index contributed by atoms with van der Waals surface area (Å²) in [4.78, 5) is 9.87. The Morgan fingerprint density at radius 1 is 0.950 bits per heavy atom. The lowest BCUT2D eigenvalue weighted by atomic mass is 10.2. The third kappa shape index (κ3) is 3.47. The molecule has 0 heterocycles. The largest absolute Gasteiger partial charge is 0.381 e. The lowest BCUT2D eigenvalue weighted by molar-refractivity contribution is -0.385. The fourth-order valence-electron chi connectivity index (χ4n) is 1.70. The lowest BCUT2D eigenvalue weighted by Gasteiger charge is -2.07. The first-order valence-corrected chi connectivity index (χ1v) is 5.58. The van der Waals surface area contributed by atoms with Crippen LogP contribution in [0.25, 0.3) is 0 Å². The SMILES string of the molecule is O=[N+]([O-])c1cc(F)cc(CNc2cc(F)cc(F)c2)c1. The molecule has 0 amide bonds. The van der Waals surface area contributed by atoms with Gasteiger partial charge in [-0.25, -0.2) is 13.2 Å². The molecule has 2 aromatic rings. The van der Waals surface area contributed by atoms with Crippen molar-refractivity contribution in [3.8, 4) is 0 Å². The smallest absolute Gasteiger partial charge is 0.272 e. The summed E-state index contributed by atoms with van der Waals surface area (Å²) in [7, 11) is 0. The molecule has 0 saturated carbocycles. The van der Waals surface area contributed by atoms with Gasteiger partial charge in [0.1, 0.15) is 17.5 Å². The molecule has 0 bridgehead atoms. The van der Waals surface area contributed by atoms with Crippen LogP contribution in [0.15, 0.2) is 36.4 Å². The Morgan fingerprint density at radius 2 is 1.55 bits per heavy atom. The van der Waals surface area contributed by atoms with Gasteiger partial charge >= 0.3 is 0 Å². The molecule has 20 heavy (non-hydrogen) atoms. The van der Waals surface area contributed by atoms with Crippen molar-refractivity contribution >= 4 is 11.4 Å². The van der Waals surface area contributed by atoms with Crippen molar-refractivity contribution in [1.29, 1.82) is 0 Å². The van der Waals surface area contributed by atoms with Gasteiger partial charge in [0.05, 0.1) is 11.0 Å². The molecule has 0 spiro atoms. The molecule has 0 aromatic heterocycles. The van der Waals surface area contributed by atoms with Gasteiger partial charge in [0.15, 0.2) is 0 Å². The fourth-order valence-corrected chi connectivity index (χ4v) is 1.70. The van der Waals surface area contributed by atoms with Gasteiger partial charge in [-0.2, -0.15) is 0 Å². The maximum absolute atomic E-state index is 13.2. The number of hydrogen-bond acceptors (Lipinski definition) is 3. The van der Waals surface area contributed by atoms with Crippen LogP contribution in [0.5, 0.6) is 0 Å². The maximum atomic E-state index is 13.2. The zero-order valence-electron chi connectivity index (χ0n) is 10.1.